The van der Waals surface area contributed by atoms with Crippen molar-refractivity contribution in [3.8, 4) is 0 Å². The molecule has 0 unspecified atom stereocenters. The zero-order valence-electron chi connectivity index (χ0n) is 10.9. The number of carbonyl (C=O) groups excluding carboxylic acids is 2. The lowest BCUT2D eigenvalue weighted by atomic mass is 10.1. The number of ether oxygens (including phenoxy) is 1. The Kier molecular flexibility index (Phi) is 4.20. The third-order valence-electron chi connectivity index (χ3n) is 2.21. The Labute approximate surface area is 102 Å². The minimum atomic E-state index is -0.477. The lowest BCUT2D eigenvalue weighted by Gasteiger charge is -2.39. The van der Waals surface area contributed by atoms with Gasteiger partial charge in [0.15, 0.2) is 0 Å². The average molecular weight is 243 g/mol. The fraction of sp³-hybridized carbons (Fsp3) is 0.818. The largest absolute Gasteiger partial charge is 0.444 e. The highest BCUT2D eigenvalue weighted by atomic mass is 16.6. The first kappa shape index (κ1) is 13.6. The number of carbonyl (C=O) groups is 2. The van der Waals surface area contributed by atoms with E-state index < -0.39 is 5.60 Å². The molecule has 1 saturated heterocycles. The molecule has 1 fully saturated rings. The zero-order chi connectivity index (χ0) is 13.1. The summed E-state index contributed by atoms with van der Waals surface area (Å²) in [4.78, 5) is 24.3. The highest BCUT2D eigenvalue weighted by Gasteiger charge is 2.34. The quantitative estimate of drug-likeness (QED) is 0.757. The normalized spacial score (nSPS) is 16.1. The van der Waals surface area contributed by atoms with Gasteiger partial charge in [0.25, 0.3) is 0 Å². The molecule has 0 spiro atoms. The first-order chi connectivity index (χ1) is 7.81. The topological polar surface area (TPSA) is 70.7 Å². The zero-order valence-corrected chi connectivity index (χ0v) is 10.9. The van der Waals surface area contributed by atoms with Crippen molar-refractivity contribution >= 4 is 12.1 Å². The molecular formula is C11H21N3O3. The summed E-state index contributed by atoms with van der Waals surface area (Å²) in [5.41, 5.74) is -0.477. The molecule has 2 N–H and O–H groups in total. The van der Waals surface area contributed by atoms with Gasteiger partial charge in [0, 0.05) is 19.6 Å². The minimum absolute atomic E-state index is 0.0223. The van der Waals surface area contributed by atoms with Crippen molar-refractivity contribution in [2.75, 3.05) is 19.6 Å². The number of hydrogen-bond donors (Lipinski definition) is 2. The molecule has 98 valence electrons. The van der Waals surface area contributed by atoms with Gasteiger partial charge < -0.3 is 20.3 Å². The number of nitrogens with one attached hydrogen (secondary N) is 2. The summed E-state index contributed by atoms with van der Waals surface area (Å²) >= 11 is 0. The highest BCUT2D eigenvalue weighted by molar-refractivity contribution is 5.75. The predicted molar refractivity (Wildman–Crippen MR) is 63.8 cm³/mol. The standard InChI is InChI=1S/C11H21N3O3/c1-5-12-9(15)13-8-6-14(7-8)10(16)17-11(2,3)4/h8H,5-7H2,1-4H3,(H2,12,13,15). The number of hydrogen-bond acceptors (Lipinski definition) is 3. The SMILES string of the molecule is CCNC(=O)NC1CN(C(=O)OC(C)(C)C)C1. The Morgan fingerprint density at radius 3 is 2.41 bits per heavy atom. The van der Waals surface area contributed by atoms with Gasteiger partial charge in [-0.3, -0.25) is 0 Å². The summed E-state index contributed by atoms with van der Waals surface area (Å²) in [6.45, 7) is 8.94. The number of rotatable bonds is 2. The second-order valence-corrected chi connectivity index (χ2v) is 5.09. The maximum absolute atomic E-state index is 11.6. The number of amides is 3. The van der Waals surface area contributed by atoms with Crippen molar-refractivity contribution in [3.05, 3.63) is 0 Å². The van der Waals surface area contributed by atoms with Crippen LogP contribution in [0.3, 0.4) is 0 Å². The summed E-state index contributed by atoms with van der Waals surface area (Å²) in [5, 5.41) is 5.41. The van der Waals surface area contributed by atoms with Gasteiger partial charge in [-0.05, 0) is 27.7 Å². The van der Waals surface area contributed by atoms with Gasteiger partial charge in [0.1, 0.15) is 5.60 Å². The van der Waals surface area contributed by atoms with Crippen LogP contribution >= 0.6 is 0 Å². The van der Waals surface area contributed by atoms with E-state index in [2.05, 4.69) is 10.6 Å². The Bertz CT molecular complexity index is 293. The fourth-order valence-electron chi connectivity index (χ4n) is 1.44. The molecule has 1 heterocycles. The summed E-state index contributed by atoms with van der Waals surface area (Å²) in [6, 6.07) is -0.171. The van der Waals surface area contributed by atoms with Crippen LogP contribution in [0.25, 0.3) is 0 Å². The molecule has 3 amide bonds. The number of nitrogens with zero attached hydrogens (tertiary/aromatic N) is 1. The molecular weight excluding hydrogens is 222 g/mol. The summed E-state index contributed by atoms with van der Waals surface area (Å²) in [6.07, 6.45) is -0.327. The van der Waals surface area contributed by atoms with Crippen molar-refractivity contribution < 1.29 is 14.3 Å². The first-order valence-corrected chi connectivity index (χ1v) is 5.84. The van der Waals surface area contributed by atoms with Crippen LogP contribution in [0.15, 0.2) is 0 Å². The second kappa shape index (κ2) is 5.25. The Morgan fingerprint density at radius 2 is 1.94 bits per heavy atom. The van der Waals surface area contributed by atoms with Gasteiger partial charge in [0.2, 0.25) is 0 Å². The number of urea groups is 1. The molecule has 6 heteroatoms. The van der Waals surface area contributed by atoms with E-state index in [-0.39, 0.29) is 18.2 Å². The lowest BCUT2D eigenvalue weighted by Crippen LogP contribution is -2.62. The molecule has 1 rings (SSSR count). The van der Waals surface area contributed by atoms with E-state index in [9.17, 15) is 9.59 Å². The lowest BCUT2D eigenvalue weighted by molar-refractivity contribution is 0.00633. The monoisotopic (exact) mass is 243 g/mol. The van der Waals surface area contributed by atoms with Crippen molar-refractivity contribution in [2.24, 2.45) is 0 Å². The van der Waals surface area contributed by atoms with Crippen molar-refractivity contribution in [2.45, 2.75) is 39.3 Å². The van der Waals surface area contributed by atoms with Crippen LogP contribution in [-0.4, -0.2) is 48.3 Å². The highest BCUT2D eigenvalue weighted by Crippen LogP contribution is 2.14. The van der Waals surface area contributed by atoms with Gasteiger partial charge in [-0.2, -0.15) is 0 Å². The van der Waals surface area contributed by atoms with Crippen molar-refractivity contribution in [1.29, 1.82) is 0 Å². The van der Waals surface area contributed by atoms with E-state index >= 15 is 0 Å². The predicted octanol–water partition coefficient (Wildman–Crippen LogP) is 0.925. The molecule has 0 saturated carbocycles. The van der Waals surface area contributed by atoms with E-state index in [4.69, 9.17) is 4.74 Å². The molecule has 0 atom stereocenters. The number of likely N-dealkylation sites (tertiary alicyclic amines) is 1. The van der Waals surface area contributed by atoms with Crippen LogP contribution < -0.4 is 10.6 Å². The molecule has 0 aliphatic carbocycles. The van der Waals surface area contributed by atoms with E-state index in [1.165, 1.54) is 0 Å². The van der Waals surface area contributed by atoms with Crippen LogP contribution in [-0.2, 0) is 4.74 Å². The summed E-state index contributed by atoms with van der Waals surface area (Å²) in [7, 11) is 0. The molecule has 0 aromatic rings. The third-order valence-corrected chi connectivity index (χ3v) is 2.21. The minimum Gasteiger partial charge on any atom is -0.444 e. The first-order valence-electron chi connectivity index (χ1n) is 5.84. The molecule has 6 nitrogen and oxygen atoms in total. The average Bonchev–Trinajstić information content (AvgIpc) is 2.07. The van der Waals surface area contributed by atoms with Crippen LogP contribution in [0.2, 0.25) is 0 Å². The van der Waals surface area contributed by atoms with E-state index in [1.807, 2.05) is 27.7 Å². The summed E-state index contributed by atoms with van der Waals surface area (Å²) in [5.74, 6) is 0. The molecule has 17 heavy (non-hydrogen) atoms. The molecule has 0 radical (unpaired) electrons. The molecule has 0 bridgehead atoms. The molecule has 0 aromatic carbocycles. The van der Waals surface area contributed by atoms with E-state index in [0.717, 1.165) is 0 Å². The Hall–Kier alpha value is -1.46. The smallest absolute Gasteiger partial charge is 0.410 e. The van der Waals surface area contributed by atoms with Gasteiger partial charge in [-0.1, -0.05) is 0 Å². The molecule has 0 aromatic heterocycles. The van der Waals surface area contributed by atoms with Crippen LogP contribution in [0.4, 0.5) is 9.59 Å². The second-order valence-electron chi connectivity index (χ2n) is 5.09. The summed E-state index contributed by atoms with van der Waals surface area (Å²) < 4.78 is 5.20. The van der Waals surface area contributed by atoms with Crippen LogP contribution in [0, 0.1) is 0 Å². The van der Waals surface area contributed by atoms with Gasteiger partial charge >= 0.3 is 12.1 Å². The Balaban J connectivity index is 2.23. The fourth-order valence-corrected chi connectivity index (χ4v) is 1.44. The van der Waals surface area contributed by atoms with Gasteiger partial charge in [0.05, 0.1) is 6.04 Å². The van der Waals surface area contributed by atoms with E-state index in [1.54, 1.807) is 4.90 Å². The third kappa shape index (κ3) is 4.50. The van der Waals surface area contributed by atoms with Gasteiger partial charge in [-0.15, -0.1) is 0 Å². The molecule has 1 aliphatic rings. The van der Waals surface area contributed by atoms with Gasteiger partial charge in [-0.25, -0.2) is 9.59 Å². The van der Waals surface area contributed by atoms with Crippen molar-refractivity contribution in [1.82, 2.24) is 15.5 Å². The van der Waals surface area contributed by atoms with Crippen LogP contribution in [0.1, 0.15) is 27.7 Å². The molecule has 1 aliphatic heterocycles. The van der Waals surface area contributed by atoms with Crippen LogP contribution in [0.5, 0.6) is 0 Å². The van der Waals surface area contributed by atoms with Crippen molar-refractivity contribution in [3.63, 3.8) is 0 Å². The maximum Gasteiger partial charge on any atom is 0.410 e. The maximum atomic E-state index is 11.6. The Morgan fingerprint density at radius 1 is 1.35 bits per heavy atom. The van der Waals surface area contributed by atoms with E-state index in [0.29, 0.717) is 19.6 Å².